The zero-order valence-electron chi connectivity index (χ0n) is 10.6. The molecule has 0 aromatic heterocycles. The maximum Gasteiger partial charge on any atom is 0.274 e. The Kier molecular flexibility index (Phi) is 3.84. The van der Waals surface area contributed by atoms with E-state index in [1.54, 1.807) is 6.92 Å². The average Bonchev–Trinajstić information content (AvgIpc) is 3.18. The molecule has 1 aliphatic carbocycles. The number of nitrogens with zero attached hydrogens (tertiary/aromatic N) is 1. The summed E-state index contributed by atoms with van der Waals surface area (Å²) in [5.41, 5.74) is 0.385. The molecule has 0 bridgehead atoms. The van der Waals surface area contributed by atoms with E-state index >= 15 is 0 Å². The molecule has 0 heterocycles. The van der Waals surface area contributed by atoms with E-state index in [4.69, 9.17) is 11.6 Å². The van der Waals surface area contributed by atoms with Gasteiger partial charge in [0.1, 0.15) is 15.5 Å². The van der Waals surface area contributed by atoms with Gasteiger partial charge in [-0.2, -0.15) is 0 Å². The largest absolute Gasteiger partial charge is 0.276 e. The minimum Gasteiger partial charge on any atom is -0.276 e. The van der Waals surface area contributed by atoms with Crippen LogP contribution < -0.4 is 0 Å². The minimum absolute atomic E-state index is 0.0570. The zero-order valence-corrected chi connectivity index (χ0v) is 12.2. The van der Waals surface area contributed by atoms with Crippen molar-refractivity contribution in [1.82, 2.24) is 0 Å². The predicted octanol–water partition coefficient (Wildman–Crippen LogP) is 2.14. The van der Waals surface area contributed by atoms with Crippen LogP contribution in [0.25, 0.3) is 0 Å². The second-order valence-electron chi connectivity index (χ2n) is 4.70. The number of halogens is 1. The van der Waals surface area contributed by atoms with Gasteiger partial charge in [0.15, 0.2) is 0 Å². The van der Waals surface area contributed by atoms with E-state index in [0.29, 0.717) is 24.8 Å². The van der Waals surface area contributed by atoms with E-state index in [1.807, 2.05) is 0 Å². The summed E-state index contributed by atoms with van der Waals surface area (Å²) in [5.74, 6) is 0. The number of thiol groups is 1. The van der Waals surface area contributed by atoms with Gasteiger partial charge in [-0.15, -0.1) is 0 Å². The molecule has 1 fully saturated rings. The van der Waals surface area contributed by atoms with Gasteiger partial charge in [-0.05, 0) is 42.5 Å². The summed E-state index contributed by atoms with van der Waals surface area (Å²) in [6.45, 7) is 1.77. The van der Waals surface area contributed by atoms with Gasteiger partial charge in [-0.3, -0.25) is 14.9 Å². The Hall–Kier alpha value is -1.47. The fourth-order valence-electron chi connectivity index (χ4n) is 2.30. The highest BCUT2D eigenvalue weighted by atomic mass is 35.5. The van der Waals surface area contributed by atoms with Crippen molar-refractivity contribution in [2.45, 2.75) is 30.9 Å². The monoisotopic (exact) mass is 317 g/mol. The molecule has 8 heteroatoms. The summed E-state index contributed by atoms with van der Waals surface area (Å²) < 4.78 is 21.6. The lowest BCUT2D eigenvalue weighted by atomic mass is 9.98. The summed E-state index contributed by atoms with van der Waals surface area (Å²) in [7, 11) is -2.81. The molecule has 1 saturated carbocycles. The molecule has 0 saturated heterocycles. The Balaban J connectivity index is 2.74. The second kappa shape index (κ2) is 5.14. The molecule has 1 aliphatic rings. The predicted molar refractivity (Wildman–Crippen MR) is 73.9 cm³/mol. The lowest BCUT2D eigenvalue weighted by Crippen LogP contribution is -2.13. The molecule has 0 aliphatic heterocycles. The molecule has 6 nitrogen and oxygen atoms in total. The number of nitro benzene ring substituents is 1. The van der Waals surface area contributed by atoms with Crippen LogP contribution in [0.2, 0.25) is 0 Å². The normalized spacial score (nSPS) is 16.1. The third kappa shape index (κ3) is 2.31. The van der Waals surface area contributed by atoms with Crippen molar-refractivity contribution in [3.8, 4) is 0 Å². The van der Waals surface area contributed by atoms with Crippen molar-refractivity contribution in [3.05, 3.63) is 38.9 Å². The van der Waals surface area contributed by atoms with Gasteiger partial charge in [0, 0.05) is 11.6 Å². The second-order valence-corrected chi connectivity index (χ2v) is 6.41. The Morgan fingerprint density at radius 3 is 2.40 bits per heavy atom. The minimum atomic E-state index is -2.81. The van der Waals surface area contributed by atoms with Gasteiger partial charge < -0.3 is 0 Å². The molecule has 1 aromatic carbocycles. The van der Waals surface area contributed by atoms with Crippen LogP contribution >= 0.6 is 11.6 Å². The van der Waals surface area contributed by atoms with Gasteiger partial charge >= 0.3 is 0 Å². The van der Waals surface area contributed by atoms with Crippen molar-refractivity contribution in [1.29, 1.82) is 0 Å². The molecule has 0 unspecified atom stereocenters. The number of rotatable bonds is 5. The van der Waals surface area contributed by atoms with E-state index in [9.17, 15) is 23.3 Å². The maximum atomic E-state index is 11.4. The lowest BCUT2D eigenvalue weighted by Gasteiger charge is -2.12. The topological polar surface area (TPSA) is 94.3 Å². The van der Waals surface area contributed by atoms with Crippen molar-refractivity contribution < 1.29 is 18.1 Å². The van der Waals surface area contributed by atoms with E-state index in [2.05, 4.69) is 0 Å². The Labute approximate surface area is 121 Å². The summed E-state index contributed by atoms with van der Waals surface area (Å²) in [6.07, 6.45) is 1.16. The number of benzene rings is 1. The fourth-order valence-corrected chi connectivity index (χ4v) is 3.33. The molecule has 0 spiro atoms. The third-order valence-corrected chi connectivity index (χ3v) is 5.18. The van der Waals surface area contributed by atoms with Crippen molar-refractivity contribution >= 4 is 33.2 Å². The number of nitro groups is 1. The molecule has 108 valence electrons. The molecule has 1 aromatic rings. The SMILES string of the molecule is CCc1cc(C2([SH](=O)=O)CC2)c([N+](=O)[O-])cc1C(=O)Cl. The summed E-state index contributed by atoms with van der Waals surface area (Å²) in [5, 5.41) is 10.4. The van der Waals surface area contributed by atoms with Crippen molar-refractivity contribution in [3.63, 3.8) is 0 Å². The van der Waals surface area contributed by atoms with E-state index in [0.717, 1.165) is 6.07 Å². The Bertz CT molecular complexity index is 671. The number of hydrogen-bond donors (Lipinski definition) is 1. The highest BCUT2D eigenvalue weighted by Gasteiger charge is 2.52. The number of carbonyl (C=O) groups is 1. The van der Waals surface area contributed by atoms with Gasteiger partial charge in [-0.25, -0.2) is 8.42 Å². The highest BCUT2D eigenvalue weighted by Crippen LogP contribution is 2.52. The molecular weight excluding hydrogens is 306 g/mol. The van der Waals surface area contributed by atoms with Gasteiger partial charge in [0.25, 0.3) is 10.9 Å². The maximum absolute atomic E-state index is 11.4. The average molecular weight is 318 g/mol. The van der Waals surface area contributed by atoms with Gasteiger partial charge in [0.2, 0.25) is 0 Å². The van der Waals surface area contributed by atoms with Crippen LogP contribution in [0.5, 0.6) is 0 Å². The molecule has 0 atom stereocenters. The van der Waals surface area contributed by atoms with Crippen LogP contribution in [-0.2, 0) is 21.9 Å². The van der Waals surface area contributed by atoms with Crippen LogP contribution in [0.3, 0.4) is 0 Å². The smallest absolute Gasteiger partial charge is 0.274 e. The van der Waals surface area contributed by atoms with Crippen LogP contribution in [-0.4, -0.2) is 18.6 Å². The van der Waals surface area contributed by atoms with E-state index in [1.165, 1.54) is 6.07 Å². The lowest BCUT2D eigenvalue weighted by molar-refractivity contribution is -0.385. The Morgan fingerprint density at radius 2 is 2.05 bits per heavy atom. The van der Waals surface area contributed by atoms with Gasteiger partial charge in [0.05, 0.1) is 10.5 Å². The van der Waals surface area contributed by atoms with Crippen LogP contribution in [0, 0.1) is 10.1 Å². The van der Waals surface area contributed by atoms with E-state index in [-0.39, 0.29) is 16.8 Å². The number of hydrogen-bond acceptors (Lipinski definition) is 5. The first kappa shape index (κ1) is 14.9. The van der Waals surface area contributed by atoms with Crippen LogP contribution in [0.4, 0.5) is 5.69 Å². The first-order valence-corrected chi connectivity index (χ1v) is 7.55. The molecule has 2 rings (SSSR count). The first-order valence-electron chi connectivity index (χ1n) is 5.99. The van der Waals surface area contributed by atoms with Gasteiger partial charge in [-0.1, -0.05) is 6.92 Å². The van der Waals surface area contributed by atoms with Crippen LogP contribution in [0.1, 0.15) is 41.3 Å². The third-order valence-electron chi connectivity index (χ3n) is 3.59. The number of carbonyl (C=O) groups excluding carboxylic acids is 1. The summed E-state index contributed by atoms with van der Waals surface area (Å²) >= 11 is 5.43. The zero-order chi connectivity index (χ0) is 15.1. The highest BCUT2D eigenvalue weighted by molar-refractivity contribution is 7.74. The Morgan fingerprint density at radius 1 is 1.45 bits per heavy atom. The first-order chi connectivity index (χ1) is 9.33. The van der Waals surface area contributed by atoms with Crippen molar-refractivity contribution in [2.24, 2.45) is 0 Å². The summed E-state index contributed by atoms with van der Waals surface area (Å²) in [4.78, 5) is 21.8. The quantitative estimate of drug-likeness (QED) is 0.388. The molecule has 0 radical (unpaired) electrons. The standard InChI is InChI=1S/C12H12ClNO5S/c1-2-7-5-9(12(3-4-12)20(18)19)10(14(16)17)6-8(7)11(13)15/h5-6,20H,2-4H2,1H3. The molecule has 0 amide bonds. The summed E-state index contributed by atoms with van der Waals surface area (Å²) in [6, 6.07) is 2.52. The molecular formula is C12H12ClNO5S. The molecule has 0 N–H and O–H groups in total. The van der Waals surface area contributed by atoms with Crippen molar-refractivity contribution in [2.75, 3.05) is 0 Å². The van der Waals surface area contributed by atoms with Crippen LogP contribution in [0.15, 0.2) is 12.1 Å². The molecule has 20 heavy (non-hydrogen) atoms. The number of aryl methyl sites for hydroxylation is 1. The fraction of sp³-hybridized carbons (Fsp3) is 0.417. The van der Waals surface area contributed by atoms with E-state index < -0.39 is 25.6 Å².